The highest BCUT2D eigenvalue weighted by Crippen LogP contribution is 2.40. The minimum atomic E-state index is -0.900. The maximum absolute atomic E-state index is 13.1. The minimum Gasteiger partial charge on any atom is -0.507 e. The van der Waals surface area contributed by atoms with Crippen LogP contribution in [0.2, 0.25) is 0 Å². The van der Waals surface area contributed by atoms with Crippen molar-refractivity contribution < 1.29 is 33.4 Å². The molecule has 3 aromatic rings. The standard InChI is InChI=1S/C27H23NO7/c1-3-14-34-20-12-10-18(11-13-20)24(29)22-23(17-6-8-19(9-7-17)27(32)33-2)28(26(31)25(22)30)16-21-5-4-15-35-21/h3-13,15,23,29H,1,14,16H2,2H3/t23-/m0/s1. The van der Waals surface area contributed by atoms with Gasteiger partial charge >= 0.3 is 5.97 Å². The molecule has 1 aromatic heterocycles. The molecule has 1 fully saturated rings. The third-order valence-electron chi connectivity index (χ3n) is 5.59. The summed E-state index contributed by atoms with van der Waals surface area (Å²) in [6.45, 7) is 3.95. The third kappa shape index (κ3) is 4.72. The molecular weight excluding hydrogens is 450 g/mol. The Morgan fingerprint density at radius 2 is 1.77 bits per heavy atom. The average Bonchev–Trinajstić information content (AvgIpc) is 3.49. The van der Waals surface area contributed by atoms with Crippen LogP contribution >= 0.6 is 0 Å². The van der Waals surface area contributed by atoms with E-state index in [1.54, 1.807) is 66.7 Å². The Kier molecular flexibility index (Phi) is 6.82. The van der Waals surface area contributed by atoms with E-state index >= 15 is 0 Å². The van der Waals surface area contributed by atoms with Crippen molar-refractivity contribution in [2.45, 2.75) is 12.6 Å². The lowest BCUT2D eigenvalue weighted by atomic mass is 9.94. The van der Waals surface area contributed by atoms with Crippen LogP contribution in [-0.4, -0.2) is 41.4 Å². The van der Waals surface area contributed by atoms with Crippen molar-refractivity contribution in [1.82, 2.24) is 4.90 Å². The molecule has 4 rings (SSSR count). The zero-order chi connectivity index (χ0) is 24.9. The maximum Gasteiger partial charge on any atom is 0.337 e. The number of hydrogen-bond acceptors (Lipinski definition) is 7. The molecule has 1 saturated heterocycles. The average molecular weight is 473 g/mol. The number of rotatable bonds is 8. The van der Waals surface area contributed by atoms with Gasteiger partial charge in [0.15, 0.2) is 0 Å². The molecule has 1 aliphatic rings. The molecule has 8 heteroatoms. The second-order valence-electron chi connectivity index (χ2n) is 7.74. The molecule has 0 radical (unpaired) electrons. The molecule has 1 N–H and O–H groups in total. The molecule has 0 aliphatic carbocycles. The number of carbonyl (C=O) groups excluding carboxylic acids is 3. The highest BCUT2D eigenvalue weighted by Gasteiger charge is 2.46. The normalized spacial score (nSPS) is 16.8. The number of methoxy groups -OCH3 is 1. The maximum atomic E-state index is 13.1. The Bertz CT molecular complexity index is 1270. The number of aliphatic hydroxyl groups excluding tert-OH is 1. The number of benzene rings is 2. The highest BCUT2D eigenvalue weighted by molar-refractivity contribution is 6.46. The fourth-order valence-electron chi connectivity index (χ4n) is 3.90. The summed E-state index contributed by atoms with van der Waals surface area (Å²) >= 11 is 0. The van der Waals surface area contributed by atoms with Gasteiger partial charge in [-0.2, -0.15) is 0 Å². The molecule has 0 saturated carbocycles. The molecule has 35 heavy (non-hydrogen) atoms. The first-order valence-electron chi connectivity index (χ1n) is 10.8. The number of carbonyl (C=O) groups is 3. The topological polar surface area (TPSA) is 106 Å². The molecule has 0 spiro atoms. The van der Waals surface area contributed by atoms with Gasteiger partial charge in [-0.05, 0) is 54.1 Å². The Morgan fingerprint density at radius 1 is 1.09 bits per heavy atom. The van der Waals surface area contributed by atoms with Gasteiger partial charge in [-0.1, -0.05) is 24.8 Å². The van der Waals surface area contributed by atoms with Gasteiger partial charge in [0, 0.05) is 5.56 Å². The zero-order valence-corrected chi connectivity index (χ0v) is 19.0. The molecule has 1 amide bonds. The monoisotopic (exact) mass is 473 g/mol. The zero-order valence-electron chi connectivity index (χ0n) is 19.0. The molecule has 2 aromatic carbocycles. The number of hydrogen-bond donors (Lipinski definition) is 1. The van der Waals surface area contributed by atoms with Gasteiger partial charge < -0.3 is 23.9 Å². The van der Waals surface area contributed by atoms with Gasteiger partial charge in [-0.15, -0.1) is 0 Å². The van der Waals surface area contributed by atoms with Crippen molar-refractivity contribution in [2.75, 3.05) is 13.7 Å². The number of amides is 1. The van der Waals surface area contributed by atoms with Crippen LogP contribution in [0.1, 0.15) is 33.3 Å². The smallest absolute Gasteiger partial charge is 0.337 e. The van der Waals surface area contributed by atoms with Crippen molar-refractivity contribution in [3.8, 4) is 5.75 Å². The van der Waals surface area contributed by atoms with Crippen molar-refractivity contribution in [3.05, 3.63) is 108 Å². The lowest BCUT2D eigenvalue weighted by Gasteiger charge is -2.24. The molecule has 8 nitrogen and oxygen atoms in total. The number of furan rings is 1. The SMILES string of the molecule is C=CCOc1ccc(C(O)=C2C(=O)C(=O)N(Cc3ccco3)[C@H]2c2ccc(C(=O)OC)cc2)cc1. The molecular formula is C27H23NO7. The highest BCUT2D eigenvalue weighted by atomic mass is 16.5. The van der Waals surface area contributed by atoms with Gasteiger partial charge in [0.2, 0.25) is 0 Å². The number of likely N-dealkylation sites (tertiary alicyclic amines) is 1. The summed E-state index contributed by atoms with van der Waals surface area (Å²) in [6.07, 6.45) is 3.09. The number of Topliss-reactive ketones (excluding diaryl/α,β-unsaturated/α-hetero) is 1. The number of esters is 1. The molecule has 2 heterocycles. The Hall–Kier alpha value is -4.59. The van der Waals surface area contributed by atoms with E-state index in [0.29, 0.717) is 34.8 Å². The van der Waals surface area contributed by atoms with Gasteiger partial charge in [-0.25, -0.2) is 4.79 Å². The first-order valence-corrected chi connectivity index (χ1v) is 10.8. The van der Waals surface area contributed by atoms with Crippen LogP contribution in [0, 0.1) is 0 Å². The first-order chi connectivity index (χ1) is 16.9. The second kappa shape index (κ2) is 10.1. The van der Waals surface area contributed by atoms with E-state index in [-0.39, 0.29) is 17.9 Å². The summed E-state index contributed by atoms with van der Waals surface area (Å²) in [5.41, 5.74) is 1.14. The van der Waals surface area contributed by atoms with Crippen molar-refractivity contribution in [1.29, 1.82) is 0 Å². The van der Waals surface area contributed by atoms with E-state index < -0.39 is 23.7 Å². The van der Waals surface area contributed by atoms with Gasteiger partial charge in [0.1, 0.15) is 23.9 Å². The van der Waals surface area contributed by atoms with Crippen molar-refractivity contribution in [3.63, 3.8) is 0 Å². The van der Waals surface area contributed by atoms with Crippen LogP contribution in [0.25, 0.3) is 5.76 Å². The van der Waals surface area contributed by atoms with E-state index in [1.807, 2.05) is 0 Å². The van der Waals surface area contributed by atoms with Crippen molar-refractivity contribution in [2.24, 2.45) is 0 Å². The summed E-state index contributed by atoms with van der Waals surface area (Å²) in [6, 6.07) is 15.3. The first kappa shape index (κ1) is 23.6. The van der Waals surface area contributed by atoms with Crippen LogP contribution in [0.3, 0.4) is 0 Å². The molecule has 1 aliphatic heterocycles. The van der Waals surface area contributed by atoms with Crippen LogP contribution in [0.15, 0.2) is 89.6 Å². The van der Waals surface area contributed by atoms with Crippen molar-refractivity contribution >= 4 is 23.4 Å². The summed E-state index contributed by atoms with van der Waals surface area (Å²) in [7, 11) is 1.28. The van der Waals surface area contributed by atoms with E-state index in [4.69, 9.17) is 13.9 Å². The van der Waals surface area contributed by atoms with E-state index in [1.165, 1.54) is 18.3 Å². The number of ketones is 1. The predicted octanol–water partition coefficient (Wildman–Crippen LogP) is 4.25. The third-order valence-corrected chi connectivity index (χ3v) is 5.59. The minimum absolute atomic E-state index is 0.0199. The molecule has 178 valence electrons. The second-order valence-corrected chi connectivity index (χ2v) is 7.74. The summed E-state index contributed by atoms with van der Waals surface area (Å²) < 4.78 is 15.6. The van der Waals surface area contributed by atoms with Gasteiger partial charge in [0.25, 0.3) is 11.7 Å². The molecule has 1 atom stereocenters. The lowest BCUT2D eigenvalue weighted by Crippen LogP contribution is -2.29. The largest absolute Gasteiger partial charge is 0.507 e. The summed E-state index contributed by atoms with van der Waals surface area (Å²) in [5, 5.41) is 11.2. The van der Waals surface area contributed by atoms with Crippen LogP contribution in [0.4, 0.5) is 0 Å². The number of nitrogens with zero attached hydrogens (tertiary/aromatic N) is 1. The van der Waals surface area contributed by atoms with E-state index in [9.17, 15) is 19.5 Å². The van der Waals surface area contributed by atoms with E-state index in [2.05, 4.69) is 6.58 Å². The van der Waals surface area contributed by atoms with Crippen LogP contribution < -0.4 is 4.74 Å². The Labute approximate surface area is 201 Å². The summed E-state index contributed by atoms with van der Waals surface area (Å²) in [4.78, 5) is 39.4. The van der Waals surface area contributed by atoms with Gasteiger partial charge in [0.05, 0.1) is 37.1 Å². The fraction of sp³-hybridized carbons (Fsp3) is 0.148. The Balaban J connectivity index is 1.78. The summed E-state index contributed by atoms with van der Waals surface area (Å²) in [5.74, 6) is -1.37. The fourth-order valence-corrected chi connectivity index (χ4v) is 3.90. The quantitative estimate of drug-likeness (QED) is 0.171. The molecule has 0 bridgehead atoms. The number of aliphatic hydroxyl groups is 1. The predicted molar refractivity (Wildman–Crippen MR) is 126 cm³/mol. The molecule has 0 unspecified atom stereocenters. The van der Waals surface area contributed by atoms with E-state index in [0.717, 1.165) is 0 Å². The lowest BCUT2D eigenvalue weighted by molar-refractivity contribution is -0.140. The van der Waals surface area contributed by atoms with Gasteiger partial charge in [-0.3, -0.25) is 9.59 Å². The Morgan fingerprint density at radius 3 is 2.37 bits per heavy atom. The number of ether oxygens (including phenoxy) is 2. The van der Waals surface area contributed by atoms with Crippen LogP contribution in [0.5, 0.6) is 5.75 Å². The van der Waals surface area contributed by atoms with Crippen LogP contribution in [-0.2, 0) is 20.9 Å².